The zero-order valence-electron chi connectivity index (χ0n) is 14.1. The molecule has 0 N–H and O–H groups in total. The Labute approximate surface area is 164 Å². The predicted molar refractivity (Wildman–Crippen MR) is 104 cm³/mol. The summed E-state index contributed by atoms with van der Waals surface area (Å²) in [5, 5.41) is -0.474. The number of carbonyl (C=O) groups is 3. The van der Waals surface area contributed by atoms with Crippen molar-refractivity contribution in [2.75, 3.05) is 13.2 Å². The minimum Gasteiger partial charge on any atom is -0.493 e. The fourth-order valence-corrected chi connectivity index (χ4v) is 3.63. The van der Waals surface area contributed by atoms with E-state index in [4.69, 9.17) is 9.47 Å². The molecule has 1 aromatic carbocycles. The van der Waals surface area contributed by atoms with Crippen LogP contribution in [0.1, 0.15) is 26.3 Å². The van der Waals surface area contributed by atoms with Gasteiger partial charge in [0.15, 0.2) is 0 Å². The van der Waals surface area contributed by atoms with Gasteiger partial charge in [-0.25, -0.2) is 0 Å². The standard InChI is InChI=1S/C17H18INO5S/c1-4-23-13-6-5-11(7-12(13)18)8-14-16(21)19(17(22)25-14)9-15(20)24-10(2)3/h5-8,10H,4,9H2,1-3H3/b14-8+. The number of halogens is 1. The Kier molecular flexibility index (Phi) is 6.88. The monoisotopic (exact) mass is 475 g/mol. The second-order valence-corrected chi connectivity index (χ2v) is 7.58. The highest BCUT2D eigenvalue weighted by Crippen LogP contribution is 2.33. The molecule has 1 aromatic rings. The van der Waals surface area contributed by atoms with Gasteiger partial charge < -0.3 is 9.47 Å². The average Bonchev–Trinajstić information content (AvgIpc) is 2.77. The predicted octanol–water partition coefficient (Wildman–Crippen LogP) is 3.68. The molecule has 0 unspecified atom stereocenters. The molecule has 0 aliphatic carbocycles. The van der Waals surface area contributed by atoms with Gasteiger partial charge >= 0.3 is 5.97 Å². The van der Waals surface area contributed by atoms with Crippen LogP contribution in [0.15, 0.2) is 23.1 Å². The SMILES string of the molecule is CCOc1ccc(/C=C2/SC(=O)N(CC(=O)OC(C)C)C2=O)cc1I. The lowest BCUT2D eigenvalue weighted by molar-refractivity contribution is -0.149. The molecule has 0 spiro atoms. The van der Waals surface area contributed by atoms with E-state index in [0.717, 1.165) is 31.5 Å². The Morgan fingerprint density at radius 2 is 2.08 bits per heavy atom. The molecule has 0 atom stereocenters. The number of nitrogens with zero attached hydrogens (tertiary/aromatic N) is 1. The van der Waals surface area contributed by atoms with Gasteiger partial charge in [-0.2, -0.15) is 0 Å². The van der Waals surface area contributed by atoms with E-state index in [2.05, 4.69) is 22.6 Å². The molecule has 1 aliphatic heterocycles. The van der Waals surface area contributed by atoms with Crippen LogP contribution in [0.25, 0.3) is 6.08 Å². The van der Waals surface area contributed by atoms with Gasteiger partial charge in [0.2, 0.25) is 0 Å². The summed E-state index contributed by atoms with van der Waals surface area (Å²) in [6.07, 6.45) is 1.34. The van der Waals surface area contributed by atoms with E-state index in [9.17, 15) is 14.4 Å². The number of hydrogen-bond donors (Lipinski definition) is 0. The number of ether oxygens (including phenoxy) is 2. The molecule has 1 saturated heterocycles. The maximum Gasteiger partial charge on any atom is 0.326 e. The van der Waals surface area contributed by atoms with Crippen molar-refractivity contribution in [2.24, 2.45) is 0 Å². The highest BCUT2D eigenvalue weighted by molar-refractivity contribution is 14.1. The lowest BCUT2D eigenvalue weighted by atomic mass is 10.2. The molecule has 8 heteroatoms. The zero-order valence-corrected chi connectivity index (χ0v) is 17.0. The molecule has 1 fully saturated rings. The van der Waals surface area contributed by atoms with Gasteiger partial charge in [0, 0.05) is 0 Å². The van der Waals surface area contributed by atoms with E-state index < -0.39 is 17.1 Å². The molecule has 1 aliphatic rings. The maximum atomic E-state index is 12.4. The molecule has 2 amide bonds. The minimum atomic E-state index is -0.603. The van der Waals surface area contributed by atoms with Crippen LogP contribution in [0.5, 0.6) is 5.75 Å². The highest BCUT2D eigenvalue weighted by atomic mass is 127. The molecule has 1 heterocycles. The van der Waals surface area contributed by atoms with Crippen LogP contribution in [0.3, 0.4) is 0 Å². The van der Waals surface area contributed by atoms with Crippen LogP contribution < -0.4 is 4.74 Å². The molecular formula is C17H18INO5S. The summed E-state index contributed by atoms with van der Waals surface area (Å²) in [5.74, 6) is -0.321. The van der Waals surface area contributed by atoms with E-state index in [-0.39, 0.29) is 17.6 Å². The zero-order chi connectivity index (χ0) is 18.6. The lowest BCUT2D eigenvalue weighted by Crippen LogP contribution is -2.35. The number of hydrogen-bond acceptors (Lipinski definition) is 6. The third-order valence-electron chi connectivity index (χ3n) is 3.08. The van der Waals surface area contributed by atoms with Crippen LogP contribution in [0.4, 0.5) is 4.79 Å². The van der Waals surface area contributed by atoms with Gasteiger partial charge in [-0.05, 0) is 78.9 Å². The highest BCUT2D eigenvalue weighted by Gasteiger charge is 2.36. The lowest BCUT2D eigenvalue weighted by Gasteiger charge is -2.13. The first kappa shape index (κ1) is 19.8. The molecule has 0 aromatic heterocycles. The molecule has 6 nitrogen and oxygen atoms in total. The largest absolute Gasteiger partial charge is 0.493 e. The van der Waals surface area contributed by atoms with Gasteiger partial charge in [0.1, 0.15) is 12.3 Å². The van der Waals surface area contributed by atoms with E-state index in [0.29, 0.717) is 6.61 Å². The summed E-state index contributed by atoms with van der Waals surface area (Å²) < 4.78 is 11.4. The molecule has 25 heavy (non-hydrogen) atoms. The molecule has 0 radical (unpaired) electrons. The quantitative estimate of drug-likeness (QED) is 0.355. The molecular weight excluding hydrogens is 457 g/mol. The van der Waals surface area contributed by atoms with E-state index in [1.54, 1.807) is 19.9 Å². The third kappa shape index (κ3) is 5.21. The Morgan fingerprint density at radius 1 is 1.36 bits per heavy atom. The van der Waals surface area contributed by atoms with Crippen molar-refractivity contribution in [2.45, 2.75) is 26.9 Å². The second kappa shape index (κ2) is 8.70. The van der Waals surface area contributed by atoms with E-state index >= 15 is 0 Å². The van der Waals surface area contributed by atoms with E-state index in [1.807, 2.05) is 25.1 Å². The molecule has 134 valence electrons. The van der Waals surface area contributed by atoms with Crippen molar-refractivity contribution in [1.82, 2.24) is 4.90 Å². The van der Waals surface area contributed by atoms with Crippen molar-refractivity contribution in [1.29, 1.82) is 0 Å². The third-order valence-corrected chi connectivity index (χ3v) is 4.83. The normalized spacial score (nSPS) is 16.0. The van der Waals surface area contributed by atoms with Crippen LogP contribution in [-0.2, 0) is 14.3 Å². The Balaban J connectivity index is 2.14. The summed E-state index contributed by atoms with van der Waals surface area (Å²) in [6, 6.07) is 5.50. The second-order valence-electron chi connectivity index (χ2n) is 5.43. The molecule has 0 saturated carbocycles. The van der Waals surface area contributed by atoms with Crippen molar-refractivity contribution in [3.05, 3.63) is 32.2 Å². The fraction of sp³-hybridized carbons (Fsp3) is 0.353. The summed E-state index contributed by atoms with van der Waals surface area (Å²) in [4.78, 5) is 37.3. The van der Waals surface area contributed by atoms with Crippen molar-refractivity contribution in [3.63, 3.8) is 0 Å². The van der Waals surface area contributed by atoms with Crippen LogP contribution in [0, 0.1) is 3.57 Å². The first-order chi connectivity index (χ1) is 11.8. The van der Waals surface area contributed by atoms with E-state index in [1.165, 1.54) is 0 Å². The van der Waals surface area contributed by atoms with Gasteiger partial charge in [-0.15, -0.1) is 0 Å². The van der Waals surface area contributed by atoms with Crippen LogP contribution in [0.2, 0.25) is 0 Å². The minimum absolute atomic E-state index is 0.280. The summed E-state index contributed by atoms with van der Waals surface area (Å²) in [7, 11) is 0. The maximum absolute atomic E-state index is 12.4. The first-order valence-corrected chi connectivity index (χ1v) is 9.58. The van der Waals surface area contributed by atoms with Gasteiger partial charge in [0.25, 0.3) is 11.1 Å². The number of benzene rings is 1. The van der Waals surface area contributed by atoms with Crippen molar-refractivity contribution in [3.8, 4) is 5.75 Å². The number of imide groups is 1. The van der Waals surface area contributed by atoms with Gasteiger partial charge in [-0.1, -0.05) is 6.07 Å². The van der Waals surface area contributed by atoms with Gasteiger partial charge in [0.05, 0.1) is 21.2 Å². The fourth-order valence-electron chi connectivity index (χ4n) is 2.10. The molecule has 2 rings (SSSR count). The number of esters is 1. The summed E-state index contributed by atoms with van der Waals surface area (Å²) in [6.45, 7) is 5.52. The first-order valence-electron chi connectivity index (χ1n) is 7.69. The van der Waals surface area contributed by atoms with Crippen molar-refractivity contribution >= 4 is 57.5 Å². The summed E-state index contributed by atoms with van der Waals surface area (Å²) >= 11 is 2.97. The van der Waals surface area contributed by atoms with Crippen LogP contribution in [-0.4, -0.2) is 41.3 Å². The van der Waals surface area contributed by atoms with Crippen LogP contribution >= 0.6 is 34.4 Å². The topological polar surface area (TPSA) is 72.9 Å². The Morgan fingerprint density at radius 3 is 2.68 bits per heavy atom. The smallest absolute Gasteiger partial charge is 0.326 e. The number of amides is 2. The average molecular weight is 475 g/mol. The Hall–Kier alpha value is -1.55. The summed E-state index contributed by atoms with van der Waals surface area (Å²) in [5.41, 5.74) is 0.781. The molecule has 0 bridgehead atoms. The van der Waals surface area contributed by atoms with Gasteiger partial charge in [-0.3, -0.25) is 19.3 Å². The number of carbonyl (C=O) groups excluding carboxylic acids is 3. The Bertz CT molecular complexity index is 732. The van der Waals surface area contributed by atoms with Crippen molar-refractivity contribution < 1.29 is 23.9 Å². The number of rotatable bonds is 6. The number of thioether (sulfide) groups is 1.